The van der Waals surface area contributed by atoms with Gasteiger partial charge in [0.15, 0.2) is 5.76 Å². The number of piperazine rings is 1. The molecule has 7 heteroatoms. The van der Waals surface area contributed by atoms with E-state index in [4.69, 9.17) is 9.47 Å². The van der Waals surface area contributed by atoms with Crippen LogP contribution >= 0.6 is 0 Å². The van der Waals surface area contributed by atoms with Crippen LogP contribution in [0.2, 0.25) is 0 Å². The zero-order valence-electron chi connectivity index (χ0n) is 19.8. The quantitative estimate of drug-likeness (QED) is 0.568. The van der Waals surface area contributed by atoms with Crippen molar-refractivity contribution in [3.63, 3.8) is 0 Å². The van der Waals surface area contributed by atoms with Crippen molar-refractivity contribution in [3.8, 4) is 5.75 Å². The fraction of sp³-hybridized carbons (Fsp3) is 0.333. The van der Waals surface area contributed by atoms with Crippen LogP contribution < -0.4 is 4.74 Å². The summed E-state index contributed by atoms with van der Waals surface area (Å²) >= 11 is 0. The van der Waals surface area contributed by atoms with Crippen LogP contribution in [-0.2, 0) is 11.3 Å². The number of amides is 1. The lowest BCUT2D eigenvalue weighted by Gasteiger charge is -2.35. The van der Waals surface area contributed by atoms with Crippen molar-refractivity contribution in [2.75, 3.05) is 26.2 Å². The fourth-order valence-corrected chi connectivity index (χ4v) is 4.40. The minimum absolute atomic E-state index is 0.100. The third-order valence-electron chi connectivity index (χ3n) is 6.10. The van der Waals surface area contributed by atoms with Gasteiger partial charge in [-0.1, -0.05) is 30.3 Å². The maximum absolute atomic E-state index is 13.1. The lowest BCUT2D eigenvalue weighted by Crippen LogP contribution is -2.49. The van der Waals surface area contributed by atoms with E-state index in [1.165, 1.54) is 0 Å². The first-order valence-corrected chi connectivity index (χ1v) is 11.6. The summed E-state index contributed by atoms with van der Waals surface area (Å²) < 4.78 is 11.6. The molecule has 5 rings (SSSR count). The number of para-hydroxylation sites is 2. The molecule has 7 nitrogen and oxygen atoms in total. The van der Waals surface area contributed by atoms with E-state index in [-0.39, 0.29) is 11.9 Å². The number of rotatable bonds is 3. The summed E-state index contributed by atoms with van der Waals surface area (Å²) in [6, 6.07) is 13.7. The smallest absolute Gasteiger partial charge is 0.410 e. The summed E-state index contributed by atoms with van der Waals surface area (Å²) in [7, 11) is 0. The predicted molar refractivity (Wildman–Crippen MR) is 131 cm³/mol. The first-order chi connectivity index (χ1) is 16.3. The molecule has 0 unspecified atom stereocenters. The number of ketones is 1. The summed E-state index contributed by atoms with van der Waals surface area (Å²) in [4.78, 5) is 32.6. The van der Waals surface area contributed by atoms with Crippen molar-refractivity contribution in [2.45, 2.75) is 32.9 Å². The Balaban J connectivity index is 1.29. The summed E-state index contributed by atoms with van der Waals surface area (Å²) in [5.41, 5.74) is 3.01. The molecule has 0 radical (unpaired) electrons. The van der Waals surface area contributed by atoms with Crippen LogP contribution in [0.1, 0.15) is 42.3 Å². The molecule has 1 fully saturated rings. The highest BCUT2D eigenvalue weighted by Crippen LogP contribution is 2.36. The average Bonchev–Trinajstić information content (AvgIpc) is 3.35. The largest absolute Gasteiger partial charge is 0.452 e. The van der Waals surface area contributed by atoms with E-state index in [0.717, 1.165) is 35.1 Å². The van der Waals surface area contributed by atoms with Gasteiger partial charge in [-0.25, -0.2) is 4.79 Å². The van der Waals surface area contributed by atoms with Crippen LogP contribution in [-0.4, -0.2) is 58.4 Å². The molecule has 0 atom stereocenters. The molecule has 3 heterocycles. The maximum atomic E-state index is 13.1. The number of allylic oxidation sites excluding steroid dienone is 1. The van der Waals surface area contributed by atoms with Gasteiger partial charge in [0, 0.05) is 61.0 Å². The monoisotopic (exact) mass is 459 g/mol. The van der Waals surface area contributed by atoms with E-state index in [1.54, 1.807) is 4.90 Å². The Morgan fingerprint density at radius 1 is 1.09 bits per heavy atom. The van der Waals surface area contributed by atoms with Crippen molar-refractivity contribution in [2.24, 2.45) is 0 Å². The number of carbonyl (C=O) groups excluding carboxylic acids is 2. The number of H-pyrrole nitrogens is 1. The van der Waals surface area contributed by atoms with Gasteiger partial charge in [-0.2, -0.15) is 0 Å². The van der Waals surface area contributed by atoms with Crippen LogP contribution in [0.15, 0.2) is 54.4 Å². The Kier molecular flexibility index (Phi) is 5.65. The first kappa shape index (κ1) is 22.2. The number of hydrogen-bond donors (Lipinski definition) is 1. The second-order valence-electron chi connectivity index (χ2n) is 9.77. The molecule has 1 N–H and O–H groups in total. The summed E-state index contributed by atoms with van der Waals surface area (Å²) in [5.74, 6) is 0.868. The van der Waals surface area contributed by atoms with Crippen molar-refractivity contribution in [1.29, 1.82) is 0 Å². The van der Waals surface area contributed by atoms with Crippen molar-refractivity contribution >= 4 is 28.9 Å². The molecule has 0 saturated carbocycles. The number of hydrogen-bond acceptors (Lipinski definition) is 5. The Morgan fingerprint density at radius 2 is 1.85 bits per heavy atom. The minimum atomic E-state index is -0.499. The SMILES string of the molecule is CC(C)(C)OC(=O)N1CCN(Cc2cccc3c2OC(=Cc2c[nH]c4ccccc24)C3=O)CC1. The third-order valence-corrected chi connectivity index (χ3v) is 6.10. The average molecular weight is 460 g/mol. The molecule has 176 valence electrons. The minimum Gasteiger partial charge on any atom is -0.452 e. The van der Waals surface area contributed by atoms with E-state index < -0.39 is 5.60 Å². The van der Waals surface area contributed by atoms with Gasteiger partial charge < -0.3 is 19.4 Å². The zero-order valence-corrected chi connectivity index (χ0v) is 19.8. The number of ether oxygens (including phenoxy) is 2. The molecule has 2 aliphatic rings. The van der Waals surface area contributed by atoms with Crippen molar-refractivity contribution < 1.29 is 19.1 Å². The molecule has 34 heavy (non-hydrogen) atoms. The molecule has 1 amide bonds. The van der Waals surface area contributed by atoms with Crippen LogP contribution in [0.25, 0.3) is 17.0 Å². The molecule has 2 aliphatic heterocycles. The van der Waals surface area contributed by atoms with Gasteiger partial charge in [-0.05, 0) is 39.0 Å². The lowest BCUT2D eigenvalue weighted by molar-refractivity contribution is 0.0138. The van der Waals surface area contributed by atoms with Gasteiger partial charge in [0.05, 0.1) is 5.56 Å². The molecule has 2 aromatic carbocycles. The lowest BCUT2D eigenvalue weighted by atomic mass is 10.0. The van der Waals surface area contributed by atoms with Crippen LogP contribution in [0.4, 0.5) is 4.79 Å². The molecular weight excluding hydrogens is 430 g/mol. The number of carbonyl (C=O) groups is 2. The van der Waals surface area contributed by atoms with Gasteiger partial charge in [-0.3, -0.25) is 9.69 Å². The standard InChI is InChI=1S/C27H29N3O4/c1-27(2,3)34-26(32)30-13-11-29(12-14-30)17-18-7-6-9-21-24(31)23(33-25(18)21)15-19-16-28-22-10-5-4-8-20(19)22/h4-10,15-16,28H,11-14,17H2,1-3H3. The van der Waals surface area contributed by atoms with Gasteiger partial charge in [0.25, 0.3) is 0 Å². The fourth-order valence-electron chi connectivity index (χ4n) is 4.40. The number of fused-ring (bicyclic) bond motifs is 2. The summed E-state index contributed by atoms with van der Waals surface area (Å²) in [6.45, 7) is 8.95. The Hall–Kier alpha value is -3.58. The van der Waals surface area contributed by atoms with E-state index in [9.17, 15) is 9.59 Å². The predicted octanol–water partition coefficient (Wildman–Crippen LogP) is 4.84. The number of nitrogens with one attached hydrogen (secondary N) is 1. The molecule has 0 bridgehead atoms. The van der Waals surface area contributed by atoms with Crippen LogP contribution in [0, 0.1) is 0 Å². The molecule has 0 spiro atoms. The maximum Gasteiger partial charge on any atom is 0.410 e. The number of benzene rings is 2. The highest BCUT2D eigenvalue weighted by molar-refractivity contribution is 6.15. The van der Waals surface area contributed by atoms with Crippen LogP contribution in [0.5, 0.6) is 5.75 Å². The summed E-state index contributed by atoms with van der Waals surface area (Å²) in [5, 5.41) is 1.05. The number of aromatic amines is 1. The molecule has 1 saturated heterocycles. The second-order valence-corrected chi connectivity index (χ2v) is 9.77. The normalized spacial score (nSPS) is 17.8. The zero-order chi connectivity index (χ0) is 23.9. The Morgan fingerprint density at radius 3 is 2.62 bits per heavy atom. The van der Waals surface area contributed by atoms with E-state index >= 15 is 0 Å². The second kappa shape index (κ2) is 8.65. The Bertz CT molecular complexity index is 1280. The van der Waals surface area contributed by atoms with Gasteiger partial charge >= 0.3 is 6.09 Å². The van der Waals surface area contributed by atoms with E-state index in [2.05, 4.69) is 9.88 Å². The van der Waals surface area contributed by atoms with Gasteiger partial charge in [0.2, 0.25) is 5.78 Å². The first-order valence-electron chi connectivity index (χ1n) is 11.6. The van der Waals surface area contributed by atoms with Gasteiger partial charge in [-0.15, -0.1) is 0 Å². The third kappa shape index (κ3) is 4.43. The number of Topliss-reactive ketones (excluding diaryl/α,β-unsaturated/α-hetero) is 1. The van der Waals surface area contributed by atoms with E-state index in [0.29, 0.717) is 36.7 Å². The van der Waals surface area contributed by atoms with Gasteiger partial charge in [0.1, 0.15) is 11.4 Å². The van der Waals surface area contributed by atoms with E-state index in [1.807, 2.05) is 75.5 Å². The number of aromatic nitrogens is 1. The van der Waals surface area contributed by atoms with Crippen molar-refractivity contribution in [1.82, 2.24) is 14.8 Å². The summed E-state index contributed by atoms with van der Waals surface area (Å²) in [6.07, 6.45) is 3.43. The molecule has 0 aliphatic carbocycles. The highest BCUT2D eigenvalue weighted by atomic mass is 16.6. The number of nitrogens with zero attached hydrogens (tertiary/aromatic N) is 2. The highest BCUT2D eigenvalue weighted by Gasteiger charge is 2.31. The van der Waals surface area contributed by atoms with Crippen LogP contribution in [0.3, 0.4) is 0 Å². The molecular formula is C27H29N3O4. The Labute approximate surface area is 198 Å². The topological polar surface area (TPSA) is 74.9 Å². The van der Waals surface area contributed by atoms with Crippen molar-refractivity contribution in [3.05, 3.63) is 71.1 Å². The molecule has 1 aromatic heterocycles. The molecule has 3 aromatic rings.